The highest BCUT2D eigenvalue weighted by molar-refractivity contribution is 7.18. The number of aromatic nitrogens is 7. The van der Waals surface area contributed by atoms with Crippen LogP contribution in [-0.4, -0.2) is 41.5 Å². The molecule has 0 fully saturated rings. The molecule has 1 aliphatic rings. The highest BCUT2D eigenvalue weighted by atomic mass is 32.1. The Bertz CT molecular complexity index is 1540. The number of alkyl halides is 3. The zero-order valence-corrected chi connectivity index (χ0v) is 19.8. The predicted octanol–water partition coefficient (Wildman–Crippen LogP) is 4.99. The van der Waals surface area contributed by atoms with E-state index in [4.69, 9.17) is 14.4 Å². The van der Waals surface area contributed by atoms with Gasteiger partial charge in [0.2, 0.25) is 17.5 Å². The van der Waals surface area contributed by atoms with Crippen molar-refractivity contribution in [1.82, 2.24) is 34.9 Å². The van der Waals surface area contributed by atoms with E-state index in [2.05, 4.69) is 27.3 Å². The minimum Gasteiger partial charge on any atom is -0.413 e. The Labute approximate surface area is 206 Å². The van der Waals surface area contributed by atoms with Crippen molar-refractivity contribution in [1.29, 1.82) is 0 Å². The van der Waals surface area contributed by atoms with Crippen molar-refractivity contribution >= 4 is 27.4 Å². The third kappa shape index (κ3) is 3.98. The molecule has 0 saturated carbocycles. The largest absolute Gasteiger partial charge is 0.451 e. The summed E-state index contributed by atoms with van der Waals surface area (Å²) >= 11 is 1.56. The molecule has 0 atom stereocenters. The highest BCUT2D eigenvalue weighted by Crippen LogP contribution is 2.36. The number of rotatable bonds is 5. The Morgan fingerprint density at radius 1 is 1.00 bits per heavy atom. The van der Waals surface area contributed by atoms with Gasteiger partial charge in [-0.2, -0.15) is 13.2 Å². The molecule has 0 aliphatic carbocycles. The Morgan fingerprint density at radius 2 is 1.81 bits per heavy atom. The second-order valence-electron chi connectivity index (χ2n) is 8.34. The zero-order valence-electron chi connectivity index (χ0n) is 19.0. The monoisotopic (exact) mass is 512 g/mol. The summed E-state index contributed by atoms with van der Waals surface area (Å²) in [5.74, 6) is 0.623. The van der Waals surface area contributed by atoms with Gasteiger partial charge in [0.15, 0.2) is 5.82 Å². The molecule has 184 valence electrons. The van der Waals surface area contributed by atoms with E-state index in [0.29, 0.717) is 18.3 Å². The maximum absolute atomic E-state index is 13.3. The molecule has 1 aliphatic heterocycles. The first-order chi connectivity index (χ1) is 17.4. The molecule has 36 heavy (non-hydrogen) atoms. The molecule has 0 saturated heterocycles. The van der Waals surface area contributed by atoms with Gasteiger partial charge in [0.25, 0.3) is 5.89 Å². The minimum atomic E-state index is -4.56. The van der Waals surface area contributed by atoms with E-state index >= 15 is 0 Å². The number of thiophene rings is 1. The quantitative estimate of drug-likeness (QED) is 0.325. The van der Waals surface area contributed by atoms with E-state index in [1.807, 2.05) is 41.3 Å². The van der Waals surface area contributed by atoms with Gasteiger partial charge < -0.3 is 13.9 Å². The van der Waals surface area contributed by atoms with Crippen LogP contribution in [-0.2, 0) is 25.7 Å². The first-order valence-electron chi connectivity index (χ1n) is 11.3. The Kier molecular flexibility index (Phi) is 5.43. The van der Waals surface area contributed by atoms with Crippen LogP contribution < -0.4 is 4.90 Å². The second-order valence-corrected chi connectivity index (χ2v) is 9.46. The molecule has 0 amide bonds. The molecular formula is C23H19F3N8OS. The van der Waals surface area contributed by atoms with Crippen LogP contribution in [0.3, 0.4) is 0 Å². The lowest BCUT2D eigenvalue weighted by molar-refractivity contribution is -0.147. The van der Waals surface area contributed by atoms with Crippen LogP contribution in [0.15, 0.2) is 40.8 Å². The van der Waals surface area contributed by atoms with Crippen LogP contribution in [0, 0.1) is 0 Å². The van der Waals surface area contributed by atoms with Gasteiger partial charge in [0.05, 0.1) is 11.9 Å². The second kappa shape index (κ2) is 8.66. The lowest BCUT2D eigenvalue weighted by Crippen LogP contribution is -2.36. The number of benzene rings is 1. The van der Waals surface area contributed by atoms with Crippen LogP contribution in [0.2, 0.25) is 0 Å². The summed E-state index contributed by atoms with van der Waals surface area (Å²) in [6, 6.07) is 11.4. The van der Waals surface area contributed by atoms with Crippen molar-refractivity contribution in [2.24, 2.45) is 0 Å². The van der Waals surface area contributed by atoms with Gasteiger partial charge in [0.1, 0.15) is 10.6 Å². The molecule has 6 rings (SSSR count). The summed E-state index contributed by atoms with van der Waals surface area (Å²) in [7, 11) is 0. The van der Waals surface area contributed by atoms with Gasteiger partial charge in [-0.1, -0.05) is 31.5 Å². The van der Waals surface area contributed by atoms with Gasteiger partial charge in [-0.25, -0.2) is 9.97 Å². The third-order valence-corrected chi connectivity index (χ3v) is 6.95. The summed E-state index contributed by atoms with van der Waals surface area (Å²) in [5, 5.41) is 16.3. The van der Waals surface area contributed by atoms with Crippen molar-refractivity contribution in [3.8, 4) is 23.2 Å². The summed E-state index contributed by atoms with van der Waals surface area (Å²) in [6.45, 7) is 2.62. The topological polar surface area (TPSA) is 98.7 Å². The third-order valence-electron chi connectivity index (χ3n) is 5.86. The summed E-state index contributed by atoms with van der Waals surface area (Å²) < 4.78 is 46.9. The molecular weight excluding hydrogens is 493 g/mol. The van der Waals surface area contributed by atoms with Crippen molar-refractivity contribution in [2.75, 3.05) is 11.4 Å². The Hall–Kier alpha value is -3.87. The number of aryl methyl sites for hydroxylation is 1. The normalized spacial score (nSPS) is 13.9. The van der Waals surface area contributed by atoms with Crippen molar-refractivity contribution < 1.29 is 17.6 Å². The van der Waals surface area contributed by atoms with E-state index in [1.54, 1.807) is 11.3 Å². The summed E-state index contributed by atoms with van der Waals surface area (Å²) in [5.41, 5.74) is 0.773. The molecule has 1 aromatic carbocycles. The van der Waals surface area contributed by atoms with Crippen LogP contribution in [0.5, 0.6) is 0 Å². The van der Waals surface area contributed by atoms with E-state index in [1.165, 1.54) is 0 Å². The highest BCUT2D eigenvalue weighted by Gasteiger charge is 2.39. The van der Waals surface area contributed by atoms with Gasteiger partial charge in [-0.05, 0) is 24.6 Å². The van der Waals surface area contributed by atoms with Crippen molar-refractivity contribution in [3.05, 3.63) is 52.9 Å². The zero-order chi connectivity index (χ0) is 24.9. The number of halogens is 3. The number of anilines is 1. The van der Waals surface area contributed by atoms with E-state index in [9.17, 15) is 13.2 Å². The average molecular weight is 513 g/mol. The minimum absolute atomic E-state index is 0.0860. The average Bonchev–Trinajstić information content (AvgIpc) is 3.61. The number of nitrogens with zero attached hydrogens (tertiary/aromatic N) is 8. The fourth-order valence-electron chi connectivity index (χ4n) is 4.22. The first kappa shape index (κ1) is 22.6. The Morgan fingerprint density at radius 3 is 2.58 bits per heavy atom. The van der Waals surface area contributed by atoms with Crippen LogP contribution in [0.1, 0.15) is 29.9 Å². The molecule has 0 unspecified atom stereocenters. The maximum atomic E-state index is 13.3. The SMILES string of the molecule is CCCc1cc2c(N3CCn4c(nnc4C(F)(F)F)C3)nc(-c3nnc(-c4ccccc4)o3)nc2s1. The molecule has 0 spiro atoms. The smallest absolute Gasteiger partial charge is 0.413 e. The van der Waals surface area contributed by atoms with E-state index in [-0.39, 0.29) is 30.6 Å². The first-order valence-corrected chi connectivity index (χ1v) is 12.2. The lowest BCUT2D eigenvalue weighted by Gasteiger charge is -2.29. The number of hydrogen-bond donors (Lipinski definition) is 0. The van der Waals surface area contributed by atoms with Gasteiger partial charge in [-0.3, -0.25) is 0 Å². The molecule has 5 heterocycles. The fourth-order valence-corrected chi connectivity index (χ4v) is 5.35. The predicted molar refractivity (Wildman–Crippen MR) is 126 cm³/mol. The molecule has 4 aromatic heterocycles. The van der Waals surface area contributed by atoms with Crippen LogP contribution in [0.4, 0.5) is 19.0 Å². The van der Waals surface area contributed by atoms with Gasteiger partial charge in [-0.15, -0.1) is 31.7 Å². The molecule has 5 aromatic rings. The molecule has 0 bridgehead atoms. The maximum Gasteiger partial charge on any atom is 0.451 e. The summed E-state index contributed by atoms with van der Waals surface area (Å²) in [4.78, 5) is 13.2. The number of fused-ring (bicyclic) bond motifs is 2. The molecule has 9 nitrogen and oxygen atoms in total. The van der Waals surface area contributed by atoms with Crippen LogP contribution >= 0.6 is 11.3 Å². The molecule has 0 radical (unpaired) electrons. The lowest BCUT2D eigenvalue weighted by atomic mass is 10.2. The van der Waals surface area contributed by atoms with Gasteiger partial charge >= 0.3 is 6.18 Å². The van der Waals surface area contributed by atoms with Crippen molar-refractivity contribution in [2.45, 2.75) is 39.0 Å². The van der Waals surface area contributed by atoms with E-state index < -0.39 is 12.0 Å². The summed E-state index contributed by atoms with van der Waals surface area (Å²) in [6.07, 6.45) is -2.70. The van der Waals surface area contributed by atoms with Crippen LogP contribution in [0.25, 0.3) is 33.4 Å². The van der Waals surface area contributed by atoms with Gasteiger partial charge in [0, 0.05) is 23.5 Å². The Balaban J connectivity index is 1.41. The van der Waals surface area contributed by atoms with E-state index in [0.717, 1.165) is 38.1 Å². The molecule has 13 heteroatoms. The number of hydrogen-bond acceptors (Lipinski definition) is 9. The standard InChI is InChI=1S/C23H19F3N8OS/c1-2-6-14-11-15-18(33-9-10-34-16(12-33)29-32-22(34)23(24,25)26)27-17(28-21(15)36-14)20-31-30-19(35-20)13-7-4-3-5-8-13/h3-5,7-8,11H,2,6,9-10,12H2,1H3. The fraction of sp³-hybridized carbons (Fsp3) is 0.304. The molecule has 0 N–H and O–H groups in total. The van der Waals surface area contributed by atoms with Crippen molar-refractivity contribution in [3.63, 3.8) is 0 Å².